The van der Waals surface area contributed by atoms with Gasteiger partial charge in [-0.05, 0) is 18.6 Å². The molecule has 100 valence electrons. The van der Waals surface area contributed by atoms with E-state index in [0.717, 1.165) is 11.8 Å². The molecule has 1 N–H and O–H groups in total. The van der Waals surface area contributed by atoms with Gasteiger partial charge in [-0.25, -0.2) is 0 Å². The summed E-state index contributed by atoms with van der Waals surface area (Å²) in [5, 5.41) is 3.67. The molecule has 1 atom stereocenters. The van der Waals surface area contributed by atoms with Gasteiger partial charge in [-0.2, -0.15) is 0 Å². The highest BCUT2D eigenvalue weighted by Crippen LogP contribution is 2.22. The van der Waals surface area contributed by atoms with E-state index in [2.05, 4.69) is 21.2 Å². The summed E-state index contributed by atoms with van der Waals surface area (Å²) in [6.07, 6.45) is 0.873. The Kier molecular flexibility index (Phi) is 5.98. The average Bonchev–Trinajstić information content (AvgIpc) is 2.43. The molecule has 0 aliphatic carbocycles. The third-order valence-corrected chi connectivity index (χ3v) is 3.41. The van der Waals surface area contributed by atoms with Crippen LogP contribution in [0.2, 0.25) is 0 Å². The molecular weight excluding hydrogens is 298 g/mol. The number of ether oxygens (including phenoxy) is 2. The Labute approximate surface area is 116 Å². The Bertz CT molecular complexity index is 383. The number of alkyl halides is 1. The summed E-state index contributed by atoms with van der Waals surface area (Å²) in [7, 11) is 3.12. The van der Waals surface area contributed by atoms with Crippen molar-refractivity contribution >= 4 is 21.8 Å². The molecule has 0 spiro atoms. The van der Waals surface area contributed by atoms with Gasteiger partial charge in [-0.15, -0.1) is 0 Å². The zero-order valence-electron chi connectivity index (χ0n) is 10.8. The molecule has 0 saturated heterocycles. The van der Waals surface area contributed by atoms with Crippen LogP contribution in [-0.2, 0) is 0 Å². The molecule has 0 bridgehead atoms. The fourth-order valence-corrected chi connectivity index (χ4v) is 2.08. The zero-order valence-corrected chi connectivity index (χ0v) is 12.4. The number of rotatable bonds is 6. The molecule has 0 fully saturated rings. The van der Waals surface area contributed by atoms with E-state index in [4.69, 9.17) is 9.47 Å². The Morgan fingerprint density at radius 2 is 1.83 bits per heavy atom. The van der Waals surface area contributed by atoms with Gasteiger partial charge >= 0.3 is 0 Å². The summed E-state index contributed by atoms with van der Waals surface area (Å²) in [6, 6.07) is 5.24. The SMILES string of the molecule is CCC(CBr)NC(=O)c1cc(OC)cc(OC)c1. The van der Waals surface area contributed by atoms with Crippen molar-refractivity contribution in [3.8, 4) is 11.5 Å². The van der Waals surface area contributed by atoms with Gasteiger partial charge in [0.25, 0.3) is 5.91 Å². The maximum Gasteiger partial charge on any atom is 0.251 e. The van der Waals surface area contributed by atoms with Gasteiger partial charge in [-0.1, -0.05) is 22.9 Å². The highest BCUT2D eigenvalue weighted by atomic mass is 79.9. The summed E-state index contributed by atoms with van der Waals surface area (Å²) in [5.41, 5.74) is 0.533. The maximum absolute atomic E-state index is 12.1. The molecule has 1 rings (SSSR count). The predicted molar refractivity (Wildman–Crippen MR) is 74.9 cm³/mol. The molecule has 0 aliphatic heterocycles. The highest BCUT2D eigenvalue weighted by molar-refractivity contribution is 9.09. The summed E-state index contributed by atoms with van der Waals surface area (Å²) in [4.78, 5) is 12.1. The molecule has 0 radical (unpaired) electrons. The van der Waals surface area contributed by atoms with E-state index in [-0.39, 0.29) is 11.9 Å². The first-order chi connectivity index (χ1) is 8.64. The zero-order chi connectivity index (χ0) is 13.5. The first-order valence-corrected chi connectivity index (χ1v) is 6.86. The van der Waals surface area contributed by atoms with Gasteiger partial charge in [0.1, 0.15) is 11.5 Å². The molecule has 1 aromatic carbocycles. The molecule has 5 heteroatoms. The van der Waals surface area contributed by atoms with Crippen LogP contribution in [0.1, 0.15) is 23.7 Å². The number of hydrogen-bond donors (Lipinski definition) is 1. The second-order valence-electron chi connectivity index (χ2n) is 3.83. The molecule has 0 heterocycles. The van der Waals surface area contributed by atoms with Crippen molar-refractivity contribution in [1.29, 1.82) is 0 Å². The number of nitrogens with one attached hydrogen (secondary N) is 1. The number of carbonyl (C=O) groups is 1. The summed E-state index contributed by atoms with van der Waals surface area (Å²) < 4.78 is 10.3. The standard InChI is InChI=1S/C13H18BrNO3/c1-4-10(8-14)15-13(16)9-5-11(17-2)7-12(6-9)18-3/h5-7,10H,4,8H2,1-3H3,(H,15,16). The van der Waals surface area contributed by atoms with Crippen LogP contribution in [-0.4, -0.2) is 31.5 Å². The number of benzene rings is 1. The van der Waals surface area contributed by atoms with Crippen LogP contribution in [0, 0.1) is 0 Å². The first kappa shape index (κ1) is 14.8. The third-order valence-electron chi connectivity index (χ3n) is 2.63. The van der Waals surface area contributed by atoms with Crippen molar-refractivity contribution in [3.05, 3.63) is 23.8 Å². The van der Waals surface area contributed by atoms with Crippen LogP contribution in [0.25, 0.3) is 0 Å². The third kappa shape index (κ3) is 3.91. The van der Waals surface area contributed by atoms with Crippen molar-refractivity contribution in [1.82, 2.24) is 5.32 Å². The van der Waals surface area contributed by atoms with E-state index in [1.807, 2.05) is 6.92 Å². The minimum Gasteiger partial charge on any atom is -0.497 e. The quantitative estimate of drug-likeness (QED) is 0.821. The van der Waals surface area contributed by atoms with Crippen LogP contribution in [0.5, 0.6) is 11.5 Å². The molecule has 0 aromatic heterocycles. The lowest BCUT2D eigenvalue weighted by Gasteiger charge is -2.15. The molecule has 0 saturated carbocycles. The monoisotopic (exact) mass is 315 g/mol. The van der Waals surface area contributed by atoms with Crippen molar-refractivity contribution < 1.29 is 14.3 Å². The number of methoxy groups -OCH3 is 2. The molecule has 4 nitrogen and oxygen atoms in total. The number of carbonyl (C=O) groups excluding carboxylic acids is 1. The van der Waals surface area contributed by atoms with Gasteiger partial charge in [0.15, 0.2) is 0 Å². The highest BCUT2D eigenvalue weighted by Gasteiger charge is 2.13. The Hall–Kier alpha value is -1.23. The molecule has 1 aromatic rings. The van der Waals surface area contributed by atoms with Crippen molar-refractivity contribution in [3.63, 3.8) is 0 Å². The van der Waals surface area contributed by atoms with Crippen LogP contribution >= 0.6 is 15.9 Å². The van der Waals surface area contributed by atoms with Crippen molar-refractivity contribution in [2.75, 3.05) is 19.5 Å². The number of amides is 1. The smallest absolute Gasteiger partial charge is 0.251 e. The van der Waals surface area contributed by atoms with Crippen LogP contribution in [0.15, 0.2) is 18.2 Å². The fraction of sp³-hybridized carbons (Fsp3) is 0.462. The van der Waals surface area contributed by atoms with E-state index in [0.29, 0.717) is 17.1 Å². The van der Waals surface area contributed by atoms with E-state index >= 15 is 0 Å². The Balaban J connectivity index is 2.90. The van der Waals surface area contributed by atoms with E-state index < -0.39 is 0 Å². The molecular formula is C13H18BrNO3. The summed E-state index contributed by atoms with van der Waals surface area (Å²) in [5.74, 6) is 1.08. The van der Waals surface area contributed by atoms with Gasteiger partial charge in [0, 0.05) is 23.0 Å². The Morgan fingerprint density at radius 1 is 1.28 bits per heavy atom. The molecule has 18 heavy (non-hydrogen) atoms. The number of hydrogen-bond acceptors (Lipinski definition) is 3. The first-order valence-electron chi connectivity index (χ1n) is 5.74. The van der Waals surface area contributed by atoms with Gasteiger partial charge in [-0.3, -0.25) is 4.79 Å². The van der Waals surface area contributed by atoms with E-state index in [9.17, 15) is 4.79 Å². The molecule has 1 unspecified atom stereocenters. The van der Waals surface area contributed by atoms with Crippen LogP contribution in [0.3, 0.4) is 0 Å². The second-order valence-corrected chi connectivity index (χ2v) is 4.48. The van der Waals surface area contributed by atoms with Gasteiger partial charge < -0.3 is 14.8 Å². The second kappa shape index (κ2) is 7.26. The van der Waals surface area contributed by atoms with Gasteiger partial charge in [0.2, 0.25) is 0 Å². The van der Waals surface area contributed by atoms with Crippen molar-refractivity contribution in [2.45, 2.75) is 19.4 Å². The van der Waals surface area contributed by atoms with E-state index in [1.54, 1.807) is 32.4 Å². The maximum atomic E-state index is 12.1. The van der Waals surface area contributed by atoms with Crippen LogP contribution in [0.4, 0.5) is 0 Å². The number of halogens is 1. The van der Waals surface area contributed by atoms with Gasteiger partial charge in [0.05, 0.1) is 14.2 Å². The summed E-state index contributed by atoms with van der Waals surface area (Å²) in [6.45, 7) is 2.03. The van der Waals surface area contributed by atoms with E-state index in [1.165, 1.54) is 0 Å². The van der Waals surface area contributed by atoms with Crippen LogP contribution < -0.4 is 14.8 Å². The average molecular weight is 316 g/mol. The minimum absolute atomic E-state index is 0.120. The molecule has 1 amide bonds. The fourth-order valence-electron chi connectivity index (χ4n) is 1.46. The summed E-state index contributed by atoms with van der Waals surface area (Å²) >= 11 is 3.37. The largest absolute Gasteiger partial charge is 0.497 e. The topological polar surface area (TPSA) is 47.6 Å². The Morgan fingerprint density at radius 3 is 2.22 bits per heavy atom. The minimum atomic E-state index is -0.126. The normalized spacial score (nSPS) is 11.8. The lowest BCUT2D eigenvalue weighted by molar-refractivity contribution is 0.0939. The molecule has 0 aliphatic rings. The lowest BCUT2D eigenvalue weighted by atomic mass is 10.1. The van der Waals surface area contributed by atoms with Crippen molar-refractivity contribution in [2.24, 2.45) is 0 Å². The predicted octanol–water partition coefficient (Wildman–Crippen LogP) is 2.61. The lowest BCUT2D eigenvalue weighted by Crippen LogP contribution is -2.35.